The van der Waals surface area contributed by atoms with Crippen molar-refractivity contribution in [2.45, 2.75) is 25.7 Å². The Morgan fingerprint density at radius 3 is 2.19 bits per heavy atom. The van der Waals surface area contributed by atoms with Gasteiger partial charge in [-0.1, -0.05) is 30.4 Å². The van der Waals surface area contributed by atoms with Crippen molar-refractivity contribution in [3.05, 3.63) is 42.5 Å². The first kappa shape index (κ1) is 17.9. The lowest BCUT2D eigenvalue weighted by molar-refractivity contribution is -0.913. The number of carbonyl (C=O) groups is 3. The molecule has 3 amide bonds. The topological polar surface area (TPSA) is 70.9 Å². The third-order valence-corrected chi connectivity index (χ3v) is 6.09. The number of quaternary nitrogens is 1. The smallest absolute Gasteiger partial charge is 0.237 e. The number of imide groups is 1. The number of hydrogen-bond donors (Lipinski definition) is 2. The zero-order valence-electron chi connectivity index (χ0n) is 15.4. The van der Waals surface area contributed by atoms with E-state index >= 15 is 0 Å². The van der Waals surface area contributed by atoms with Crippen molar-refractivity contribution in [1.29, 1.82) is 0 Å². The number of likely N-dealkylation sites (tertiary alicyclic amines) is 2. The first-order chi connectivity index (χ1) is 13.1. The summed E-state index contributed by atoms with van der Waals surface area (Å²) in [5.74, 6) is -0.278. The minimum atomic E-state index is -0.156. The number of para-hydroxylation sites is 1. The van der Waals surface area contributed by atoms with Crippen molar-refractivity contribution < 1.29 is 19.3 Å². The van der Waals surface area contributed by atoms with Gasteiger partial charge in [-0.25, -0.2) is 4.90 Å². The van der Waals surface area contributed by atoms with Crippen molar-refractivity contribution >= 4 is 23.4 Å². The predicted molar refractivity (Wildman–Crippen MR) is 101 cm³/mol. The van der Waals surface area contributed by atoms with Gasteiger partial charge >= 0.3 is 0 Å². The number of amides is 3. The van der Waals surface area contributed by atoms with E-state index in [0.717, 1.165) is 31.6 Å². The normalized spacial score (nSPS) is 30.3. The van der Waals surface area contributed by atoms with Gasteiger partial charge in [-0.15, -0.1) is 0 Å². The van der Waals surface area contributed by atoms with Crippen molar-refractivity contribution in [3.63, 3.8) is 0 Å². The highest BCUT2D eigenvalue weighted by Crippen LogP contribution is 2.34. The fourth-order valence-electron chi connectivity index (χ4n) is 4.46. The molecule has 1 aliphatic carbocycles. The monoisotopic (exact) mass is 368 g/mol. The molecule has 0 unspecified atom stereocenters. The standard InChI is InChI=1S/C21H25N3O3/c25-19(22-16-6-2-1-3-7-16)15-10-12-23(13-11-15)14-24-20(26)17-8-4-5-9-18(17)21(24)27/h1-7,15,17-18H,8-14H2,(H,22,25)/p+1/t17-,18-/m1/s1. The summed E-state index contributed by atoms with van der Waals surface area (Å²) in [6.45, 7) is 2.05. The summed E-state index contributed by atoms with van der Waals surface area (Å²) in [5, 5.41) is 2.97. The second-order valence-electron chi connectivity index (χ2n) is 7.80. The van der Waals surface area contributed by atoms with Crippen molar-refractivity contribution in [2.75, 3.05) is 25.1 Å². The Morgan fingerprint density at radius 1 is 1.00 bits per heavy atom. The quantitative estimate of drug-likeness (QED) is 0.611. The van der Waals surface area contributed by atoms with Crippen LogP contribution in [0.3, 0.4) is 0 Å². The molecule has 2 saturated heterocycles. The molecular weight excluding hydrogens is 342 g/mol. The molecule has 2 aliphatic heterocycles. The number of rotatable bonds is 4. The number of allylic oxidation sites excluding steroid dienone is 2. The lowest BCUT2D eigenvalue weighted by Gasteiger charge is -2.30. The van der Waals surface area contributed by atoms with Gasteiger partial charge in [0.15, 0.2) is 6.67 Å². The summed E-state index contributed by atoms with van der Waals surface area (Å²) in [4.78, 5) is 40.3. The van der Waals surface area contributed by atoms with Gasteiger partial charge in [0.25, 0.3) is 0 Å². The third kappa shape index (κ3) is 3.67. The Kier molecular flexibility index (Phi) is 5.07. The van der Waals surface area contributed by atoms with Crippen LogP contribution in [0.1, 0.15) is 25.7 Å². The highest BCUT2D eigenvalue weighted by Gasteiger charge is 2.48. The zero-order valence-corrected chi connectivity index (χ0v) is 15.4. The molecule has 6 heteroatoms. The van der Waals surface area contributed by atoms with E-state index in [1.54, 1.807) is 0 Å². The van der Waals surface area contributed by atoms with Gasteiger partial charge in [0.05, 0.1) is 24.9 Å². The van der Waals surface area contributed by atoms with E-state index in [1.165, 1.54) is 9.80 Å². The summed E-state index contributed by atoms with van der Waals surface area (Å²) in [6, 6.07) is 9.50. The number of benzene rings is 1. The zero-order chi connectivity index (χ0) is 18.8. The number of nitrogens with one attached hydrogen (secondary N) is 2. The molecule has 1 aromatic carbocycles. The summed E-state index contributed by atoms with van der Waals surface area (Å²) >= 11 is 0. The van der Waals surface area contributed by atoms with Crippen molar-refractivity contribution in [3.8, 4) is 0 Å². The Labute approximate surface area is 159 Å². The molecule has 2 atom stereocenters. The SMILES string of the molecule is O=C(Nc1ccccc1)C1CC[NH+](CN2C(=O)[C@@H]3CC=CC[C@H]3C2=O)CC1. The van der Waals surface area contributed by atoms with Crippen molar-refractivity contribution in [1.82, 2.24) is 4.90 Å². The maximum absolute atomic E-state index is 12.6. The average Bonchev–Trinajstić information content (AvgIpc) is 2.94. The third-order valence-electron chi connectivity index (χ3n) is 6.09. The molecule has 2 heterocycles. The highest BCUT2D eigenvalue weighted by atomic mass is 16.2. The van der Waals surface area contributed by atoms with Crippen LogP contribution >= 0.6 is 0 Å². The molecule has 1 aromatic rings. The Balaban J connectivity index is 1.29. The fourth-order valence-corrected chi connectivity index (χ4v) is 4.46. The van der Waals surface area contributed by atoms with E-state index in [4.69, 9.17) is 0 Å². The first-order valence-corrected chi connectivity index (χ1v) is 9.83. The van der Waals surface area contributed by atoms with Crippen LogP contribution in [0.4, 0.5) is 5.69 Å². The summed E-state index contributed by atoms with van der Waals surface area (Å²) in [6.07, 6.45) is 6.95. The predicted octanol–water partition coefficient (Wildman–Crippen LogP) is 0.829. The summed E-state index contributed by atoms with van der Waals surface area (Å²) in [7, 11) is 0. The first-order valence-electron chi connectivity index (χ1n) is 9.83. The molecule has 0 bridgehead atoms. The van der Waals surface area contributed by atoms with Crippen LogP contribution in [0.2, 0.25) is 0 Å². The van der Waals surface area contributed by atoms with Gasteiger partial charge in [0.1, 0.15) is 0 Å². The van der Waals surface area contributed by atoms with Crippen LogP contribution in [0.15, 0.2) is 42.5 Å². The Bertz CT molecular complexity index is 727. The minimum absolute atomic E-state index is 0.00852. The largest absolute Gasteiger partial charge is 0.326 e. The van der Waals surface area contributed by atoms with Crippen LogP contribution < -0.4 is 10.2 Å². The maximum Gasteiger partial charge on any atom is 0.237 e. The number of hydrogen-bond acceptors (Lipinski definition) is 3. The fraction of sp³-hybridized carbons (Fsp3) is 0.476. The van der Waals surface area contributed by atoms with Crippen LogP contribution in [0.25, 0.3) is 0 Å². The van der Waals surface area contributed by atoms with E-state index in [2.05, 4.69) is 5.32 Å². The lowest BCUT2D eigenvalue weighted by atomic mass is 9.85. The Morgan fingerprint density at radius 2 is 1.59 bits per heavy atom. The van der Waals surface area contributed by atoms with E-state index in [9.17, 15) is 14.4 Å². The lowest BCUT2D eigenvalue weighted by Crippen LogP contribution is -3.14. The molecule has 27 heavy (non-hydrogen) atoms. The Hall–Kier alpha value is -2.47. The molecule has 4 rings (SSSR count). The molecule has 6 nitrogen and oxygen atoms in total. The van der Waals surface area contributed by atoms with Gasteiger partial charge < -0.3 is 10.2 Å². The number of carbonyl (C=O) groups excluding carboxylic acids is 3. The van der Waals surface area contributed by atoms with Crippen LogP contribution in [-0.4, -0.2) is 42.4 Å². The summed E-state index contributed by atoms with van der Waals surface area (Å²) < 4.78 is 0. The molecule has 0 aromatic heterocycles. The number of nitrogens with zero attached hydrogens (tertiary/aromatic N) is 1. The maximum atomic E-state index is 12.6. The van der Waals surface area contributed by atoms with Crippen LogP contribution in [-0.2, 0) is 14.4 Å². The molecule has 0 saturated carbocycles. The van der Waals surface area contributed by atoms with E-state index in [-0.39, 0.29) is 35.5 Å². The van der Waals surface area contributed by atoms with Crippen molar-refractivity contribution in [2.24, 2.45) is 17.8 Å². The highest BCUT2D eigenvalue weighted by molar-refractivity contribution is 6.05. The molecule has 0 spiro atoms. The second kappa shape index (κ2) is 7.64. The molecule has 2 N–H and O–H groups in total. The molecule has 2 fully saturated rings. The number of piperidine rings is 1. The molecular formula is C21H26N3O3+. The second-order valence-corrected chi connectivity index (χ2v) is 7.80. The van der Waals surface area contributed by atoms with Gasteiger partial charge in [-0.05, 0) is 25.0 Å². The van der Waals surface area contributed by atoms with Gasteiger partial charge in [0.2, 0.25) is 17.7 Å². The van der Waals surface area contributed by atoms with Crippen LogP contribution in [0.5, 0.6) is 0 Å². The minimum Gasteiger partial charge on any atom is -0.326 e. The van der Waals surface area contributed by atoms with E-state index in [1.807, 2.05) is 42.5 Å². The number of anilines is 1. The van der Waals surface area contributed by atoms with Gasteiger partial charge in [0, 0.05) is 24.4 Å². The molecule has 142 valence electrons. The van der Waals surface area contributed by atoms with E-state index < -0.39 is 0 Å². The van der Waals surface area contributed by atoms with Crippen LogP contribution in [0, 0.1) is 17.8 Å². The van der Waals surface area contributed by atoms with Gasteiger partial charge in [-0.3, -0.25) is 14.4 Å². The summed E-state index contributed by atoms with van der Waals surface area (Å²) in [5.41, 5.74) is 0.821. The number of fused-ring (bicyclic) bond motifs is 1. The molecule has 3 aliphatic rings. The van der Waals surface area contributed by atoms with Gasteiger partial charge in [-0.2, -0.15) is 0 Å². The average molecular weight is 368 g/mol. The van der Waals surface area contributed by atoms with E-state index in [0.29, 0.717) is 19.5 Å². The molecule has 0 radical (unpaired) electrons.